The maximum absolute atomic E-state index is 12.6. The normalized spacial score (nSPS) is 13.7. The van der Waals surface area contributed by atoms with Crippen molar-refractivity contribution >= 4 is 5.91 Å². The van der Waals surface area contributed by atoms with Gasteiger partial charge in [0.15, 0.2) is 18.1 Å². The quantitative estimate of drug-likeness (QED) is 0.827. The molecule has 1 saturated carbocycles. The van der Waals surface area contributed by atoms with E-state index in [1.807, 2.05) is 4.90 Å². The van der Waals surface area contributed by atoms with Crippen molar-refractivity contribution in [2.75, 3.05) is 6.61 Å². The summed E-state index contributed by atoms with van der Waals surface area (Å²) >= 11 is 0. The van der Waals surface area contributed by atoms with Crippen molar-refractivity contribution in [3.8, 4) is 11.5 Å². The van der Waals surface area contributed by atoms with Gasteiger partial charge in [0.1, 0.15) is 0 Å². The van der Waals surface area contributed by atoms with E-state index in [9.17, 15) is 9.90 Å². The highest BCUT2D eigenvalue weighted by Gasteiger charge is 2.32. The minimum Gasteiger partial charge on any atom is -0.504 e. The van der Waals surface area contributed by atoms with E-state index in [1.165, 1.54) is 5.56 Å². The van der Waals surface area contributed by atoms with Gasteiger partial charge in [-0.3, -0.25) is 4.79 Å². The molecule has 0 spiro atoms. The van der Waals surface area contributed by atoms with Gasteiger partial charge in [-0.25, -0.2) is 0 Å². The van der Waals surface area contributed by atoms with Crippen molar-refractivity contribution in [2.45, 2.75) is 45.2 Å². The molecule has 1 N–H and O–H groups in total. The Balaban J connectivity index is 1.62. The molecule has 4 nitrogen and oxygen atoms in total. The van der Waals surface area contributed by atoms with Gasteiger partial charge in [0.05, 0.1) is 0 Å². The zero-order valence-electron chi connectivity index (χ0n) is 14.8. The van der Waals surface area contributed by atoms with Crippen LogP contribution in [0.5, 0.6) is 11.5 Å². The van der Waals surface area contributed by atoms with Crippen molar-refractivity contribution < 1.29 is 14.6 Å². The first kappa shape index (κ1) is 17.3. The molecule has 0 atom stereocenters. The smallest absolute Gasteiger partial charge is 0.261 e. The van der Waals surface area contributed by atoms with E-state index in [0.717, 1.165) is 18.4 Å². The highest BCUT2D eigenvalue weighted by atomic mass is 16.5. The highest BCUT2D eigenvalue weighted by molar-refractivity contribution is 5.78. The van der Waals surface area contributed by atoms with Crippen molar-refractivity contribution in [1.82, 2.24) is 4.90 Å². The first-order chi connectivity index (χ1) is 12.0. The third kappa shape index (κ3) is 4.53. The molecule has 1 fully saturated rings. The molecule has 0 bridgehead atoms. The summed E-state index contributed by atoms with van der Waals surface area (Å²) < 4.78 is 5.50. The number of benzene rings is 2. The Morgan fingerprint density at radius 2 is 1.84 bits per heavy atom. The van der Waals surface area contributed by atoms with Crippen LogP contribution in [0.3, 0.4) is 0 Å². The van der Waals surface area contributed by atoms with Crippen molar-refractivity contribution in [2.24, 2.45) is 0 Å². The van der Waals surface area contributed by atoms with Crippen LogP contribution in [-0.4, -0.2) is 28.6 Å². The molecule has 1 aliphatic rings. The summed E-state index contributed by atoms with van der Waals surface area (Å²) in [5, 5.41) is 9.74. The number of rotatable bonds is 7. The molecule has 0 saturated heterocycles. The number of carbonyl (C=O) groups is 1. The third-order valence-electron chi connectivity index (χ3n) is 4.52. The number of hydrogen-bond donors (Lipinski definition) is 1. The molecule has 4 heteroatoms. The average Bonchev–Trinajstić information content (AvgIpc) is 3.44. The van der Waals surface area contributed by atoms with Crippen LogP contribution in [0.4, 0.5) is 0 Å². The molecule has 0 heterocycles. The third-order valence-corrected chi connectivity index (χ3v) is 4.52. The molecule has 0 unspecified atom stereocenters. The van der Waals surface area contributed by atoms with Crippen molar-refractivity contribution in [3.05, 3.63) is 59.7 Å². The fourth-order valence-electron chi connectivity index (χ4n) is 2.81. The second-order valence-electron chi connectivity index (χ2n) is 6.91. The van der Waals surface area contributed by atoms with Gasteiger partial charge in [0, 0.05) is 12.6 Å². The van der Waals surface area contributed by atoms with Crippen molar-refractivity contribution in [1.29, 1.82) is 0 Å². The minimum atomic E-state index is -0.0574. The Hall–Kier alpha value is -2.49. The van der Waals surface area contributed by atoms with Crippen LogP contribution in [0.25, 0.3) is 0 Å². The molecule has 2 aromatic carbocycles. The van der Waals surface area contributed by atoms with Gasteiger partial charge in [-0.05, 0) is 42.0 Å². The van der Waals surface area contributed by atoms with E-state index in [4.69, 9.17) is 4.74 Å². The van der Waals surface area contributed by atoms with Crippen LogP contribution in [0.2, 0.25) is 0 Å². The lowest BCUT2D eigenvalue weighted by Crippen LogP contribution is -2.36. The SMILES string of the molecule is CC(C)c1ccc(CN(C(=O)COc2ccccc2O)C2CC2)cc1. The summed E-state index contributed by atoms with van der Waals surface area (Å²) in [6, 6.07) is 15.5. The number of phenolic OH excluding ortho intramolecular Hbond substituents is 1. The lowest BCUT2D eigenvalue weighted by atomic mass is 10.0. The van der Waals surface area contributed by atoms with Crippen molar-refractivity contribution in [3.63, 3.8) is 0 Å². The largest absolute Gasteiger partial charge is 0.504 e. The Kier molecular flexibility index (Phi) is 5.27. The number of nitrogens with zero attached hydrogens (tertiary/aromatic N) is 1. The molecule has 2 aromatic rings. The topological polar surface area (TPSA) is 49.8 Å². The molecule has 3 rings (SSSR count). The number of para-hydroxylation sites is 2. The van der Waals surface area contributed by atoms with Crippen LogP contribution in [0.1, 0.15) is 43.7 Å². The standard InChI is InChI=1S/C21H25NO3/c1-15(2)17-9-7-16(8-10-17)13-22(18-11-12-18)21(24)14-25-20-6-4-3-5-19(20)23/h3-10,15,18,23H,11-14H2,1-2H3. The Morgan fingerprint density at radius 1 is 1.16 bits per heavy atom. The van der Waals surface area contributed by atoms with Crippen LogP contribution in [0.15, 0.2) is 48.5 Å². The second kappa shape index (κ2) is 7.60. The Bertz CT molecular complexity index is 720. The maximum atomic E-state index is 12.6. The van der Waals surface area contributed by atoms with E-state index in [0.29, 0.717) is 24.3 Å². The number of amides is 1. The molecule has 0 aromatic heterocycles. The lowest BCUT2D eigenvalue weighted by molar-refractivity contribution is -0.134. The summed E-state index contributed by atoms with van der Waals surface area (Å²) in [7, 11) is 0. The Labute approximate surface area is 149 Å². The van der Waals surface area contributed by atoms with Gasteiger partial charge in [0.25, 0.3) is 5.91 Å². The van der Waals surface area contributed by atoms with Crippen LogP contribution in [-0.2, 0) is 11.3 Å². The maximum Gasteiger partial charge on any atom is 0.261 e. The Morgan fingerprint density at radius 3 is 2.44 bits per heavy atom. The lowest BCUT2D eigenvalue weighted by Gasteiger charge is -2.23. The molecule has 1 amide bonds. The first-order valence-corrected chi connectivity index (χ1v) is 8.83. The number of phenols is 1. The van der Waals surface area contributed by atoms with E-state index in [-0.39, 0.29) is 18.3 Å². The van der Waals surface area contributed by atoms with E-state index >= 15 is 0 Å². The summed E-state index contributed by atoms with van der Waals surface area (Å²) in [6.45, 7) is 4.89. The molecular formula is C21H25NO3. The van der Waals surface area contributed by atoms with Gasteiger partial charge in [-0.1, -0.05) is 50.2 Å². The summed E-state index contributed by atoms with van der Waals surface area (Å²) in [5.41, 5.74) is 2.43. The van der Waals surface area contributed by atoms with Crippen LogP contribution < -0.4 is 4.74 Å². The zero-order chi connectivity index (χ0) is 17.8. The predicted octanol–water partition coefficient (Wildman–Crippen LogP) is 4.09. The van der Waals surface area contributed by atoms with Crippen LogP contribution >= 0.6 is 0 Å². The fourth-order valence-corrected chi connectivity index (χ4v) is 2.81. The second-order valence-corrected chi connectivity index (χ2v) is 6.91. The molecule has 0 radical (unpaired) electrons. The van der Waals surface area contributed by atoms with Gasteiger partial charge < -0.3 is 14.7 Å². The van der Waals surface area contributed by atoms with E-state index < -0.39 is 0 Å². The molecule has 1 aliphatic carbocycles. The fraction of sp³-hybridized carbons (Fsp3) is 0.381. The van der Waals surface area contributed by atoms with E-state index in [2.05, 4.69) is 38.1 Å². The summed E-state index contributed by atoms with van der Waals surface area (Å²) in [6.07, 6.45) is 2.10. The molecule has 25 heavy (non-hydrogen) atoms. The van der Waals surface area contributed by atoms with Gasteiger partial charge in [0.2, 0.25) is 0 Å². The van der Waals surface area contributed by atoms with E-state index in [1.54, 1.807) is 24.3 Å². The predicted molar refractivity (Wildman–Crippen MR) is 97.7 cm³/mol. The summed E-state index contributed by atoms with van der Waals surface area (Å²) in [5.74, 6) is 0.853. The van der Waals surface area contributed by atoms with Gasteiger partial charge >= 0.3 is 0 Å². The number of carbonyl (C=O) groups excluding carboxylic acids is 1. The minimum absolute atomic E-state index is 0.0429. The molecular weight excluding hydrogens is 314 g/mol. The van der Waals surface area contributed by atoms with Gasteiger partial charge in [-0.2, -0.15) is 0 Å². The zero-order valence-corrected chi connectivity index (χ0v) is 14.8. The average molecular weight is 339 g/mol. The monoisotopic (exact) mass is 339 g/mol. The van der Waals surface area contributed by atoms with Crippen LogP contribution in [0, 0.1) is 0 Å². The highest BCUT2D eigenvalue weighted by Crippen LogP contribution is 2.29. The number of hydrogen-bond acceptors (Lipinski definition) is 3. The number of aromatic hydroxyl groups is 1. The first-order valence-electron chi connectivity index (χ1n) is 8.83. The molecule has 0 aliphatic heterocycles. The number of ether oxygens (including phenoxy) is 1. The summed E-state index contributed by atoms with van der Waals surface area (Å²) in [4.78, 5) is 14.5. The van der Waals surface area contributed by atoms with Gasteiger partial charge in [-0.15, -0.1) is 0 Å². The molecule has 132 valence electrons.